The molecule has 15 nitrogen and oxygen atoms in total. The minimum atomic E-state index is -5.27. The molecule has 0 amide bonds. The van der Waals surface area contributed by atoms with Crippen LogP contribution in [-0.4, -0.2) is 59.9 Å². The van der Waals surface area contributed by atoms with Gasteiger partial charge in [-0.25, -0.2) is 14.1 Å². The molecule has 0 aromatic carbocycles. The number of nitrogen functional groups attached to an aromatic ring is 1. The summed E-state index contributed by atoms with van der Waals surface area (Å²) in [4.78, 5) is 45.6. The zero-order chi connectivity index (χ0) is 22.8. The van der Waals surface area contributed by atoms with E-state index >= 15 is 0 Å². The molecule has 2 aliphatic heterocycles. The molecule has 31 heavy (non-hydrogen) atoms. The van der Waals surface area contributed by atoms with Crippen LogP contribution in [0.25, 0.3) is 11.0 Å². The van der Waals surface area contributed by atoms with Crippen molar-refractivity contribution in [1.82, 2.24) is 14.5 Å². The van der Waals surface area contributed by atoms with E-state index in [4.69, 9.17) is 34.3 Å². The van der Waals surface area contributed by atoms with Crippen molar-refractivity contribution >= 4 is 32.5 Å². The number of aromatic nitrogens is 3. The Morgan fingerprint density at radius 3 is 2.65 bits per heavy atom. The van der Waals surface area contributed by atoms with Gasteiger partial charge in [0.15, 0.2) is 17.5 Å². The summed E-state index contributed by atoms with van der Waals surface area (Å²) in [5.41, 5.74) is 5.70. The van der Waals surface area contributed by atoms with Crippen molar-refractivity contribution in [3.63, 3.8) is 0 Å². The topological polar surface area (TPSA) is 218 Å². The van der Waals surface area contributed by atoms with Crippen molar-refractivity contribution in [2.24, 2.45) is 0 Å². The van der Waals surface area contributed by atoms with E-state index in [0.717, 1.165) is 0 Å². The van der Waals surface area contributed by atoms with Gasteiger partial charge < -0.3 is 44.2 Å². The maximum Gasteiger partial charge on any atom is 0.481 e. The van der Waals surface area contributed by atoms with Crippen LogP contribution < -0.4 is 11.3 Å². The minimum absolute atomic E-state index is 0.105. The largest absolute Gasteiger partial charge is 0.481 e. The number of rotatable bonds is 6. The highest BCUT2D eigenvalue weighted by Crippen LogP contribution is 2.58. The normalized spacial score (nSPS) is 29.8. The highest BCUT2D eigenvalue weighted by molar-refractivity contribution is 7.60. The predicted octanol–water partition coefficient (Wildman–Crippen LogP) is -0.0494. The van der Waals surface area contributed by atoms with Crippen molar-refractivity contribution < 1.29 is 46.9 Å². The number of nitrogens with one attached hydrogen (secondary N) is 1. The number of ether oxygens (including phenoxy) is 3. The highest BCUT2D eigenvalue weighted by atomic mass is 31.3. The third-order valence-corrected chi connectivity index (χ3v) is 6.76. The zero-order valence-electron chi connectivity index (χ0n) is 16.1. The Balaban J connectivity index is 1.62. The summed E-state index contributed by atoms with van der Waals surface area (Å²) in [6, 6.07) is 1.49. The van der Waals surface area contributed by atoms with Crippen LogP contribution in [0.5, 0.6) is 0 Å². The number of hydrogen-bond acceptors (Lipinski definition) is 10. The second kappa shape index (κ2) is 7.46. The molecule has 2 aromatic heterocycles. The summed E-state index contributed by atoms with van der Waals surface area (Å²) >= 11 is 0. The average Bonchev–Trinajstić information content (AvgIpc) is 3.22. The second-order valence-electron chi connectivity index (χ2n) is 7.41. The Kier molecular flexibility index (Phi) is 5.42. The number of nitrogens with two attached hydrogens (primary N) is 1. The van der Waals surface area contributed by atoms with Gasteiger partial charge in [0, 0.05) is 6.07 Å². The molecule has 6 N–H and O–H groups in total. The van der Waals surface area contributed by atoms with Gasteiger partial charge in [-0.2, -0.15) is 4.31 Å². The van der Waals surface area contributed by atoms with Crippen LogP contribution in [0.15, 0.2) is 17.2 Å². The highest BCUT2D eigenvalue weighted by Gasteiger charge is 2.56. The lowest BCUT2D eigenvalue weighted by Crippen LogP contribution is -2.32. The van der Waals surface area contributed by atoms with E-state index in [9.17, 15) is 18.8 Å². The summed E-state index contributed by atoms with van der Waals surface area (Å²) in [5.74, 6) is -0.929. The number of H-pyrrole nitrogens is 1. The molecule has 0 aliphatic carbocycles. The van der Waals surface area contributed by atoms with E-state index in [0.29, 0.717) is 5.52 Å². The van der Waals surface area contributed by atoms with Gasteiger partial charge in [-0.05, 0) is 13.8 Å². The van der Waals surface area contributed by atoms with Gasteiger partial charge in [0.1, 0.15) is 24.1 Å². The number of nitrogens with zero attached hydrogens (tertiary/aromatic N) is 2. The van der Waals surface area contributed by atoms with E-state index in [2.05, 4.69) is 14.3 Å². The van der Waals surface area contributed by atoms with Crippen molar-refractivity contribution in [3.05, 3.63) is 22.7 Å². The van der Waals surface area contributed by atoms with Gasteiger partial charge in [0.25, 0.3) is 5.56 Å². The standard InChI is InChI=1S/C14H20N4O11P2/c1-14(2)27-10-7(4-25-31(23,24)29-30(20,21)22)26-13(11(10)28-14)18-5-16-9-6(18)3-8(15)17-12(9)19/h3,5,7,10-11,13H,4H2,1-2H3,(H,23,24)(H3,15,17,19)(H2,20,21,22)/t7-,10?,11?,13-/m1/s1. The number of imidazole rings is 1. The molecule has 0 spiro atoms. The zero-order valence-corrected chi connectivity index (χ0v) is 17.9. The van der Waals surface area contributed by atoms with Gasteiger partial charge in [-0.1, -0.05) is 0 Å². The first-order valence-electron chi connectivity index (χ1n) is 8.85. The van der Waals surface area contributed by atoms with Gasteiger partial charge in [-0.3, -0.25) is 9.32 Å². The van der Waals surface area contributed by atoms with Crippen molar-refractivity contribution in [2.45, 2.75) is 44.2 Å². The molecule has 172 valence electrons. The third-order valence-electron chi connectivity index (χ3n) is 4.61. The number of aromatic amines is 1. The van der Waals surface area contributed by atoms with E-state index < -0.39 is 58.1 Å². The number of pyridine rings is 1. The first kappa shape index (κ1) is 22.6. The summed E-state index contributed by atoms with van der Waals surface area (Å²) in [6.45, 7) is 2.70. The van der Waals surface area contributed by atoms with E-state index in [1.165, 1.54) is 17.0 Å². The lowest BCUT2D eigenvalue weighted by Gasteiger charge is -2.25. The molecule has 2 aliphatic rings. The molecule has 0 saturated carbocycles. The number of fused-ring (bicyclic) bond motifs is 2. The number of phosphoric ester groups is 1. The van der Waals surface area contributed by atoms with Gasteiger partial charge >= 0.3 is 15.6 Å². The summed E-state index contributed by atoms with van der Waals surface area (Å²) < 4.78 is 50.2. The van der Waals surface area contributed by atoms with Crippen LogP contribution >= 0.6 is 15.6 Å². The predicted molar refractivity (Wildman–Crippen MR) is 101 cm³/mol. The van der Waals surface area contributed by atoms with Crippen LogP contribution in [0.3, 0.4) is 0 Å². The quantitative estimate of drug-likeness (QED) is 0.342. The van der Waals surface area contributed by atoms with Gasteiger partial charge in [-0.15, -0.1) is 0 Å². The smallest absolute Gasteiger partial charge is 0.385 e. The van der Waals surface area contributed by atoms with E-state index in [-0.39, 0.29) is 11.3 Å². The Morgan fingerprint density at radius 1 is 1.29 bits per heavy atom. The number of anilines is 1. The Labute approximate surface area is 173 Å². The average molecular weight is 482 g/mol. The second-order valence-corrected chi connectivity index (χ2v) is 10.2. The fraction of sp³-hybridized carbons (Fsp3) is 0.571. The molecule has 2 fully saturated rings. The third kappa shape index (κ3) is 4.61. The fourth-order valence-electron chi connectivity index (χ4n) is 3.61. The monoisotopic (exact) mass is 482 g/mol. The molecule has 0 radical (unpaired) electrons. The minimum Gasteiger partial charge on any atom is -0.385 e. The maximum atomic E-state index is 12.1. The SMILES string of the molecule is CC1(C)OC2C(O1)[C@@H](COP(=O)(O)OP(=O)(O)O)O[C@H]2n1cnc2c(=O)[nH]c(N)cc21. The van der Waals surface area contributed by atoms with Crippen molar-refractivity contribution in [2.75, 3.05) is 12.3 Å². The van der Waals surface area contributed by atoms with E-state index in [1.807, 2.05) is 0 Å². The summed E-state index contributed by atoms with van der Waals surface area (Å²) in [5, 5.41) is 0. The lowest BCUT2D eigenvalue weighted by atomic mass is 10.1. The number of phosphoric acid groups is 2. The fourth-order valence-corrected chi connectivity index (χ4v) is 5.21. The Morgan fingerprint density at radius 2 is 1.97 bits per heavy atom. The molecule has 4 rings (SSSR count). The van der Waals surface area contributed by atoms with Crippen LogP contribution in [0.1, 0.15) is 20.1 Å². The van der Waals surface area contributed by atoms with Crippen LogP contribution in [-0.2, 0) is 32.2 Å². The first-order chi connectivity index (χ1) is 14.2. The number of hydrogen-bond donors (Lipinski definition) is 5. The maximum absolute atomic E-state index is 12.1. The summed E-state index contributed by atoms with van der Waals surface area (Å²) in [7, 11) is -10.4. The van der Waals surface area contributed by atoms with E-state index in [1.54, 1.807) is 13.8 Å². The molecule has 0 bridgehead atoms. The summed E-state index contributed by atoms with van der Waals surface area (Å²) in [6.07, 6.45) is -2.04. The Hall–Kier alpha value is -1.64. The molecular weight excluding hydrogens is 462 g/mol. The molecular formula is C14H20N4O11P2. The molecule has 4 heterocycles. The molecule has 2 aromatic rings. The molecule has 17 heteroatoms. The van der Waals surface area contributed by atoms with Crippen LogP contribution in [0.4, 0.5) is 5.82 Å². The van der Waals surface area contributed by atoms with Gasteiger partial charge in [0.2, 0.25) is 0 Å². The lowest BCUT2D eigenvalue weighted by molar-refractivity contribution is -0.199. The molecule has 2 saturated heterocycles. The molecule has 3 unspecified atom stereocenters. The van der Waals surface area contributed by atoms with Crippen molar-refractivity contribution in [1.29, 1.82) is 0 Å². The van der Waals surface area contributed by atoms with Crippen LogP contribution in [0, 0.1) is 0 Å². The van der Waals surface area contributed by atoms with Crippen LogP contribution in [0.2, 0.25) is 0 Å². The first-order valence-corrected chi connectivity index (χ1v) is 11.9. The van der Waals surface area contributed by atoms with Crippen molar-refractivity contribution in [3.8, 4) is 0 Å². The molecule has 5 atom stereocenters. The van der Waals surface area contributed by atoms with Gasteiger partial charge in [0.05, 0.1) is 18.5 Å². The Bertz CT molecular complexity index is 1160.